The molecule has 0 rings (SSSR count). The molecular formula is C32H56N4Na2O8. The fourth-order valence-corrected chi connectivity index (χ4v) is 4.47. The predicted molar refractivity (Wildman–Crippen MR) is 167 cm³/mol. The molecule has 4 N–H and O–H groups in total. The zero-order valence-corrected chi connectivity index (χ0v) is 32.9. The van der Waals surface area contributed by atoms with Gasteiger partial charge in [-0.05, 0) is 88.8 Å². The maximum atomic E-state index is 12.2. The van der Waals surface area contributed by atoms with E-state index in [9.17, 15) is 39.6 Å². The van der Waals surface area contributed by atoms with E-state index in [1.807, 2.05) is 13.8 Å². The summed E-state index contributed by atoms with van der Waals surface area (Å²) >= 11 is 0. The van der Waals surface area contributed by atoms with Gasteiger partial charge in [0.1, 0.15) is 12.1 Å². The fourth-order valence-electron chi connectivity index (χ4n) is 4.47. The largest absolute Gasteiger partial charge is 1.00 e. The molecule has 0 aromatic carbocycles. The molecule has 0 aliphatic carbocycles. The number of aliphatic carboxylic acids is 2. The minimum atomic E-state index is -1.07. The number of aliphatic imine (C=N–C) groups is 2. The summed E-state index contributed by atoms with van der Waals surface area (Å²) < 4.78 is 0. The van der Waals surface area contributed by atoms with E-state index in [0.717, 1.165) is 51.4 Å². The second-order valence-corrected chi connectivity index (χ2v) is 11.3. The van der Waals surface area contributed by atoms with Crippen molar-refractivity contribution in [3.8, 4) is 0 Å². The number of unbranched alkanes of at least 4 members (excludes halogenated alkanes) is 9. The topological polar surface area (TPSA) is 204 Å². The molecule has 2 atom stereocenters. The Morgan fingerprint density at radius 2 is 0.891 bits per heavy atom. The van der Waals surface area contributed by atoms with E-state index in [4.69, 9.17) is 0 Å². The molecule has 0 fully saturated rings. The monoisotopic (exact) mass is 670 g/mol. The van der Waals surface area contributed by atoms with Crippen molar-refractivity contribution in [3.63, 3.8) is 0 Å². The predicted octanol–water partition coefficient (Wildman–Crippen LogP) is -2.51. The van der Waals surface area contributed by atoms with Crippen LogP contribution in [0.1, 0.15) is 142 Å². The molecule has 0 saturated heterocycles. The number of hydrogen-bond donors (Lipinski definition) is 4. The van der Waals surface area contributed by atoms with Gasteiger partial charge in [-0.3, -0.25) is 9.59 Å². The van der Waals surface area contributed by atoms with Crippen molar-refractivity contribution in [2.75, 3.05) is 13.1 Å². The first-order valence-electron chi connectivity index (χ1n) is 16.6. The minimum absolute atomic E-state index is 0. The maximum Gasteiger partial charge on any atom is 1.00 e. The van der Waals surface area contributed by atoms with Crippen LogP contribution in [0.3, 0.4) is 0 Å². The second-order valence-electron chi connectivity index (χ2n) is 11.3. The molecule has 0 unspecified atom stereocenters. The van der Waals surface area contributed by atoms with Crippen molar-refractivity contribution in [1.82, 2.24) is 10.6 Å². The van der Waals surface area contributed by atoms with Crippen molar-refractivity contribution >= 4 is 35.5 Å². The minimum Gasteiger partial charge on any atom is -0.862 e. The van der Waals surface area contributed by atoms with Crippen LogP contribution in [0.5, 0.6) is 0 Å². The maximum absolute atomic E-state index is 12.2. The molecule has 0 aromatic heterocycles. The first-order chi connectivity index (χ1) is 21.1. The van der Waals surface area contributed by atoms with Crippen molar-refractivity contribution in [3.05, 3.63) is 0 Å². The van der Waals surface area contributed by atoms with Crippen molar-refractivity contribution < 1.29 is 98.7 Å². The summed E-state index contributed by atoms with van der Waals surface area (Å²) in [5, 5.41) is 47.1. The zero-order valence-electron chi connectivity index (χ0n) is 28.9. The van der Waals surface area contributed by atoms with Gasteiger partial charge in [0, 0.05) is 25.9 Å². The second kappa shape index (κ2) is 33.7. The van der Waals surface area contributed by atoms with Gasteiger partial charge in [0.25, 0.3) is 0 Å². The van der Waals surface area contributed by atoms with Gasteiger partial charge in [-0.2, -0.15) is 0 Å². The van der Waals surface area contributed by atoms with Crippen LogP contribution in [0.15, 0.2) is 9.98 Å². The summed E-state index contributed by atoms with van der Waals surface area (Å²) in [6.45, 7) is 4.76. The van der Waals surface area contributed by atoms with Gasteiger partial charge in [0.05, 0.1) is 0 Å². The van der Waals surface area contributed by atoms with E-state index in [2.05, 4.69) is 20.6 Å². The Morgan fingerprint density at radius 1 is 0.543 bits per heavy atom. The van der Waals surface area contributed by atoms with Gasteiger partial charge in [-0.1, -0.05) is 52.4 Å². The molecule has 0 radical (unpaired) electrons. The summed E-state index contributed by atoms with van der Waals surface area (Å²) in [5.74, 6) is -2.97. The molecule has 14 heteroatoms. The van der Waals surface area contributed by atoms with Crippen LogP contribution >= 0.6 is 0 Å². The first-order valence-corrected chi connectivity index (χ1v) is 16.6. The number of rotatable bonds is 29. The molecular weight excluding hydrogens is 614 g/mol. The number of carbonyl (C=O) groups is 4. The first kappa shape index (κ1) is 49.2. The number of nitrogens with one attached hydrogen (secondary N) is 2. The van der Waals surface area contributed by atoms with Crippen LogP contribution in [-0.2, 0) is 19.2 Å². The van der Waals surface area contributed by atoms with E-state index in [-0.39, 0.29) is 108 Å². The molecule has 0 saturated carbocycles. The third kappa shape index (κ3) is 30.2. The Hall–Kier alpha value is -1.18. The third-order valence-electron chi connectivity index (χ3n) is 7.19. The Labute approximate surface area is 320 Å². The van der Waals surface area contributed by atoms with Crippen molar-refractivity contribution in [2.24, 2.45) is 9.98 Å². The molecule has 0 spiro atoms. The molecule has 0 heterocycles. The molecule has 0 aliphatic heterocycles. The Balaban J connectivity index is -0.00000924. The SMILES string of the molecule is CCCCC([O-])=NCCCC[C@@H](NC(=O)CCCCCCCCC(=O)N[C@H](CCCCN=C([O-])CCCC)C(=O)O)C(=O)O.[Na+].[Na+]. The van der Waals surface area contributed by atoms with E-state index in [0.29, 0.717) is 64.5 Å². The normalized spacial score (nSPS) is 12.7. The van der Waals surface area contributed by atoms with E-state index < -0.39 is 24.0 Å². The van der Waals surface area contributed by atoms with Gasteiger partial charge >= 0.3 is 71.1 Å². The van der Waals surface area contributed by atoms with Crippen LogP contribution in [0.4, 0.5) is 0 Å². The summed E-state index contributed by atoms with van der Waals surface area (Å²) in [5.41, 5.74) is 0. The number of hydrogen-bond acceptors (Lipinski definition) is 8. The van der Waals surface area contributed by atoms with Gasteiger partial charge in [0.2, 0.25) is 11.8 Å². The quantitative estimate of drug-likeness (QED) is 0.0289. The number of nitrogens with zero attached hydrogens (tertiary/aromatic N) is 2. The smallest absolute Gasteiger partial charge is 0.862 e. The Kier molecular flexibility index (Phi) is 36.1. The Bertz CT molecular complexity index is 820. The average molecular weight is 671 g/mol. The van der Waals surface area contributed by atoms with E-state index in [1.165, 1.54) is 0 Å². The van der Waals surface area contributed by atoms with E-state index >= 15 is 0 Å². The van der Waals surface area contributed by atoms with Gasteiger partial charge in [-0.15, -0.1) is 0 Å². The summed E-state index contributed by atoms with van der Waals surface area (Å²) in [6.07, 6.45) is 12.4. The number of carboxylic acids is 2. The molecule has 0 bridgehead atoms. The average Bonchev–Trinajstić information content (AvgIpc) is 2.98. The number of amides is 2. The molecule has 12 nitrogen and oxygen atoms in total. The van der Waals surface area contributed by atoms with Gasteiger partial charge in [0.15, 0.2) is 0 Å². The van der Waals surface area contributed by atoms with Crippen molar-refractivity contribution in [1.29, 1.82) is 0 Å². The fraction of sp³-hybridized carbons (Fsp3) is 0.812. The van der Waals surface area contributed by atoms with E-state index in [1.54, 1.807) is 0 Å². The van der Waals surface area contributed by atoms with Gasteiger partial charge < -0.3 is 41.0 Å². The van der Waals surface area contributed by atoms with Crippen LogP contribution < -0.4 is 80.0 Å². The summed E-state index contributed by atoms with van der Waals surface area (Å²) in [4.78, 5) is 55.3. The van der Waals surface area contributed by atoms with Crippen LogP contribution in [-0.4, -0.2) is 70.9 Å². The van der Waals surface area contributed by atoms with Crippen LogP contribution in [0, 0.1) is 0 Å². The number of carbonyl (C=O) groups excluding carboxylic acids is 2. The Morgan fingerprint density at radius 3 is 1.22 bits per heavy atom. The standard InChI is InChI=1S/C32H58N4O8.2Na/c1-3-5-19-27(37)33-23-15-13-17-25(31(41)42)35-29(39)21-11-9-7-8-10-12-22-30(40)36-26(32(43)44)18-14-16-24-34-28(38)20-6-4-2;;/h25-26H,3-24H2,1-2H3,(H,33,37)(H,34,38)(H,35,39)(H,36,40)(H,41,42)(H,43,44);;/q;2*+1/p-2/t25-,26-;;/m1../s1. The van der Waals surface area contributed by atoms with Crippen LogP contribution in [0.25, 0.3) is 0 Å². The molecule has 254 valence electrons. The van der Waals surface area contributed by atoms with Crippen molar-refractivity contribution in [2.45, 2.75) is 154 Å². The summed E-state index contributed by atoms with van der Waals surface area (Å²) in [7, 11) is 0. The zero-order chi connectivity index (χ0) is 33.0. The number of carboxylic acid groups (broad SMARTS) is 2. The molecule has 2 amide bonds. The van der Waals surface area contributed by atoms with Crippen LogP contribution in [0.2, 0.25) is 0 Å². The van der Waals surface area contributed by atoms with Gasteiger partial charge in [-0.25, -0.2) is 9.59 Å². The third-order valence-corrected chi connectivity index (χ3v) is 7.19. The molecule has 0 aromatic rings. The molecule has 0 aliphatic rings. The molecule has 46 heavy (non-hydrogen) atoms. The summed E-state index contributed by atoms with van der Waals surface area (Å²) in [6, 6.07) is -1.90.